The van der Waals surface area contributed by atoms with Crippen LogP contribution in [0.25, 0.3) is 10.9 Å². The molecule has 30 heavy (non-hydrogen) atoms. The van der Waals surface area contributed by atoms with Gasteiger partial charge in [-0.3, -0.25) is 9.59 Å². The maximum Gasteiger partial charge on any atom is 0.326 e. The number of nitrogens with two attached hydrogens (primary N) is 1. The molecule has 2 amide bonds. The molecule has 5 N–H and O–H groups in total. The van der Waals surface area contributed by atoms with E-state index in [9.17, 15) is 19.5 Å². The number of hydrogen-bond acceptors (Lipinski definition) is 4. The number of hydrogen-bond donors (Lipinski definition) is 4. The van der Waals surface area contributed by atoms with E-state index in [1.54, 1.807) is 0 Å². The van der Waals surface area contributed by atoms with Crippen LogP contribution in [-0.2, 0) is 20.8 Å². The molecule has 0 aliphatic carbocycles. The van der Waals surface area contributed by atoms with E-state index in [4.69, 9.17) is 5.73 Å². The lowest BCUT2D eigenvalue weighted by atomic mass is 10.0. The number of carbonyl (C=O) groups is 3. The van der Waals surface area contributed by atoms with Crippen LogP contribution in [0, 0.1) is 5.92 Å². The molecule has 3 atom stereocenters. The molecule has 1 fully saturated rings. The molecule has 8 heteroatoms. The third-order valence-corrected chi connectivity index (χ3v) is 5.60. The molecule has 8 nitrogen and oxygen atoms in total. The van der Waals surface area contributed by atoms with Gasteiger partial charge in [-0.2, -0.15) is 0 Å². The zero-order valence-corrected chi connectivity index (χ0v) is 17.4. The van der Waals surface area contributed by atoms with Crippen molar-refractivity contribution < 1.29 is 19.5 Å². The topological polar surface area (TPSA) is 129 Å². The molecular weight excluding hydrogens is 384 g/mol. The highest BCUT2D eigenvalue weighted by atomic mass is 16.4. The Hall–Kier alpha value is -2.87. The van der Waals surface area contributed by atoms with Gasteiger partial charge in [0.25, 0.3) is 0 Å². The maximum absolute atomic E-state index is 13.3. The fraction of sp³-hybridized carbons (Fsp3) is 0.500. The molecule has 0 spiro atoms. The van der Waals surface area contributed by atoms with Gasteiger partial charge in [0.2, 0.25) is 11.8 Å². The minimum atomic E-state index is -1.02. The average Bonchev–Trinajstić information content (AvgIpc) is 3.34. The van der Waals surface area contributed by atoms with E-state index in [0.717, 1.165) is 16.5 Å². The molecule has 0 bridgehead atoms. The van der Waals surface area contributed by atoms with Crippen LogP contribution in [-0.4, -0.2) is 57.4 Å². The van der Waals surface area contributed by atoms with Crippen LogP contribution < -0.4 is 11.1 Å². The first-order chi connectivity index (χ1) is 14.3. The van der Waals surface area contributed by atoms with Gasteiger partial charge in [-0.05, 0) is 36.8 Å². The van der Waals surface area contributed by atoms with Crippen LogP contribution in [0.4, 0.5) is 0 Å². The van der Waals surface area contributed by atoms with Crippen LogP contribution in [0.2, 0.25) is 0 Å². The predicted molar refractivity (Wildman–Crippen MR) is 114 cm³/mol. The zero-order chi connectivity index (χ0) is 21.8. The van der Waals surface area contributed by atoms with Crippen molar-refractivity contribution in [2.24, 2.45) is 11.7 Å². The summed E-state index contributed by atoms with van der Waals surface area (Å²) >= 11 is 0. The van der Waals surface area contributed by atoms with Crippen molar-refractivity contribution in [1.29, 1.82) is 0 Å². The molecule has 3 unspecified atom stereocenters. The number of amides is 2. The number of aromatic nitrogens is 1. The van der Waals surface area contributed by atoms with Gasteiger partial charge in [0, 0.05) is 30.1 Å². The normalized spacial score (nSPS) is 18.5. The van der Waals surface area contributed by atoms with Crippen molar-refractivity contribution in [1.82, 2.24) is 15.2 Å². The highest BCUT2D eigenvalue weighted by Gasteiger charge is 2.38. The van der Waals surface area contributed by atoms with Crippen molar-refractivity contribution in [3.05, 3.63) is 36.0 Å². The second-order valence-corrected chi connectivity index (χ2v) is 8.39. The van der Waals surface area contributed by atoms with Gasteiger partial charge in [-0.15, -0.1) is 0 Å². The largest absolute Gasteiger partial charge is 0.480 e. The summed E-state index contributed by atoms with van der Waals surface area (Å²) in [6.45, 7) is 4.32. The number of aromatic amines is 1. The summed E-state index contributed by atoms with van der Waals surface area (Å²) in [5.41, 5.74) is 7.84. The Balaban J connectivity index is 1.85. The van der Waals surface area contributed by atoms with Crippen LogP contribution in [0.1, 0.15) is 38.7 Å². The zero-order valence-electron chi connectivity index (χ0n) is 17.4. The van der Waals surface area contributed by atoms with Gasteiger partial charge in [-0.25, -0.2) is 4.79 Å². The number of carbonyl (C=O) groups excluding carboxylic acids is 2. The number of para-hydroxylation sites is 1. The summed E-state index contributed by atoms with van der Waals surface area (Å²) in [6, 6.07) is 5.25. The number of rotatable bonds is 8. The second kappa shape index (κ2) is 9.30. The Kier molecular flexibility index (Phi) is 6.77. The monoisotopic (exact) mass is 414 g/mol. The lowest BCUT2D eigenvalue weighted by molar-refractivity contribution is -0.149. The minimum absolute atomic E-state index is 0.239. The summed E-state index contributed by atoms with van der Waals surface area (Å²) in [7, 11) is 0. The number of nitrogens with zero attached hydrogens (tertiary/aromatic N) is 1. The molecular formula is C22H30N4O4. The Labute approximate surface area is 175 Å². The van der Waals surface area contributed by atoms with E-state index in [-0.39, 0.29) is 18.2 Å². The number of aliphatic carboxylic acids is 1. The third kappa shape index (κ3) is 4.81. The van der Waals surface area contributed by atoms with Crippen molar-refractivity contribution in [3.8, 4) is 0 Å². The molecule has 1 saturated heterocycles. The molecule has 1 aliphatic heterocycles. The van der Waals surface area contributed by atoms with Crippen LogP contribution in [0.3, 0.4) is 0 Å². The summed E-state index contributed by atoms with van der Waals surface area (Å²) in [6.07, 6.45) is 3.63. The molecule has 1 aliphatic rings. The van der Waals surface area contributed by atoms with E-state index in [2.05, 4.69) is 10.3 Å². The minimum Gasteiger partial charge on any atom is -0.480 e. The molecule has 3 rings (SSSR count). The van der Waals surface area contributed by atoms with E-state index in [1.807, 2.05) is 44.3 Å². The van der Waals surface area contributed by atoms with Crippen molar-refractivity contribution in [2.75, 3.05) is 6.54 Å². The highest BCUT2D eigenvalue weighted by molar-refractivity contribution is 5.93. The summed E-state index contributed by atoms with van der Waals surface area (Å²) < 4.78 is 0. The summed E-state index contributed by atoms with van der Waals surface area (Å²) in [5.74, 6) is -1.55. The van der Waals surface area contributed by atoms with Crippen molar-refractivity contribution in [2.45, 2.75) is 57.7 Å². The third-order valence-electron chi connectivity index (χ3n) is 5.60. The molecule has 162 valence electrons. The molecule has 0 saturated carbocycles. The number of benzene rings is 1. The van der Waals surface area contributed by atoms with Crippen LogP contribution in [0.5, 0.6) is 0 Å². The Morgan fingerprint density at radius 1 is 1.30 bits per heavy atom. The van der Waals surface area contributed by atoms with Gasteiger partial charge in [0.15, 0.2) is 0 Å². The standard InChI is InChI=1S/C22H30N4O4/c1-13(2)10-16(23)20(27)25-18(21(28)26-9-5-8-19(26)22(29)30)11-14-12-24-17-7-4-3-6-15(14)17/h3-4,6-7,12-13,16,18-19,24H,5,8-11,23H2,1-2H3,(H,25,27)(H,29,30). The number of fused-ring (bicyclic) bond motifs is 1. The maximum atomic E-state index is 13.3. The Bertz CT molecular complexity index is 923. The average molecular weight is 415 g/mol. The number of H-pyrrole nitrogens is 1. The van der Waals surface area contributed by atoms with E-state index in [1.165, 1.54) is 4.90 Å². The first kappa shape index (κ1) is 21.8. The lowest BCUT2D eigenvalue weighted by Gasteiger charge is -2.28. The van der Waals surface area contributed by atoms with E-state index >= 15 is 0 Å². The molecule has 1 aromatic carbocycles. The summed E-state index contributed by atoms with van der Waals surface area (Å²) in [4.78, 5) is 42.1. The van der Waals surface area contributed by atoms with Gasteiger partial charge in [0.1, 0.15) is 12.1 Å². The second-order valence-electron chi connectivity index (χ2n) is 8.39. The Morgan fingerprint density at radius 3 is 2.73 bits per heavy atom. The quantitative estimate of drug-likeness (QED) is 0.522. The van der Waals surface area contributed by atoms with Crippen LogP contribution in [0.15, 0.2) is 30.5 Å². The van der Waals surface area contributed by atoms with Crippen molar-refractivity contribution >= 4 is 28.7 Å². The fourth-order valence-corrected chi connectivity index (χ4v) is 4.10. The fourth-order valence-electron chi connectivity index (χ4n) is 4.10. The van der Waals surface area contributed by atoms with Gasteiger partial charge < -0.3 is 26.0 Å². The van der Waals surface area contributed by atoms with E-state index < -0.39 is 30.0 Å². The SMILES string of the molecule is CC(C)CC(N)C(=O)NC(Cc1c[nH]c2ccccc12)C(=O)N1CCCC1C(=O)O. The first-order valence-corrected chi connectivity index (χ1v) is 10.4. The van der Waals surface area contributed by atoms with Crippen molar-refractivity contribution in [3.63, 3.8) is 0 Å². The predicted octanol–water partition coefficient (Wildman–Crippen LogP) is 1.64. The molecule has 1 aromatic heterocycles. The number of carboxylic acid groups (broad SMARTS) is 1. The number of carboxylic acids is 1. The number of nitrogens with one attached hydrogen (secondary N) is 2. The van der Waals surface area contributed by atoms with Crippen LogP contribution >= 0.6 is 0 Å². The lowest BCUT2D eigenvalue weighted by Crippen LogP contribution is -2.55. The molecule has 2 aromatic rings. The van der Waals surface area contributed by atoms with Gasteiger partial charge >= 0.3 is 5.97 Å². The smallest absolute Gasteiger partial charge is 0.326 e. The first-order valence-electron chi connectivity index (χ1n) is 10.4. The molecule has 0 radical (unpaired) electrons. The number of likely N-dealkylation sites (tertiary alicyclic amines) is 1. The summed E-state index contributed by atoms with van der Waals surface area (Å²) in [5, 5.41) is 13.2. The van der Waals surface area contributed by atoms with Gasteiger partial charge in [0.05, 0.1) is 6.04 Å². The molecule has 2 heterocycles. The Morgan fingerprint density at radius 2 is 2.03 bits per heavy atom. The van der Waals surface area contributed by atoms with Gasteiger partial charge in [-0.1, -0.05) is 32.0 Å². The highest BCUT2D eigenvalue weighted by Crippen LogP contribution is 2.23. The van der Waals surface area contributed by atoms with E-state index in [0.29, 0.717) is 25.8 Å².